The van der Waals surface area contributed by atoms with Crippen LogP contribution in [0.25, 0.3) is 0 Å². The minimum Gasteiger partial charge on any atom is -0.489 e. The van der Waals surface area contributed by atoms with Crippen LogP contribution < -0.4 is 15.3 Å². The lowest BCUT2D eigenvalue weighted by atomic mass is 10.0. The van der Waals surface area contributed by atoms with Crippen LogP contribution in [0.4, 0.5) is 5.69 Å². The maximum Gasteiger partial charge on any atom is 0.265 e. The molecule has 0 radical (unpaired) electrons. The summed E-state index contributed by atoms with van der Waals surface area (Å²) in [6.07, 6.45) is 12.3. The van der Waals surface area contributed by atoms with Gasteiger partial charge in [-0.05, 0) is 35.9 Å². The van der Waals surface area contributed by atoms with E-state index in [1.54, 1.807) is 36.8 Å². The number of fused-ring (bicyclic) bond motifs is 1. The molecule has 2 aromatic carbocycles. The van der Waals surface area contributed by atoms with Gasteiger partial charge in [-0.1, -0.05) is 36.4 Å². The third kappa shape index (κ3) is 4.17. The smallest absolute Gasteiger partial charge is 0.265 e. The monoisotopic (exact) mass is 460 g/mol. The van der Waals surface area contributed by atoms with Crippen molar-refractivity contribution in [2.45, 2.75) is 6.61 Å². The third-order valence-electron chi connectivity index (χ3n) is 5.35. The third-order valence-corrected chi connectivity index (χ3v) is 5.95. The largest absolute Gasteiger partial charge is 0.489 e. The molecule has 0 fully saturated rings. The predicted molar refractivity (Wildman–Crippen MR) is 129 cm³/mol. The molecule has 0 saturated carbocycles. The van der Waals surface area contributed by atoms with Gasteiger partial charge in [0.2, 0.25) is 15.7 Å². The topological polar surface area (TPSA) is 106 Å². The summed E-state index contributed by atoms with van der Waals surface area (Å²) in [5.41, 5.74) is 4.80. The number of benzene rings is 2. The average molecular weight is 461 g/mol. The van der Waals surface area contributed by atoms with Crippen molar-refractivity contribution in [3.63, 3.8) is 0 Å². The van der Waals surface area contributed by atoms with Crippen molar-refractivity contribution in [2.24, 2.45) is 15.8 Å². The van der Waals surface area contributed by atoms with E-state index < -0.39 is 10.0 Å². The van der Waals surface area contributed by atoms with Crippen molar-refractivity contribution >= 4 is 27.8 Å². The lowest BCUT2D eigenvalue weighted by Gasteiger charge is -2.26. The van der Waals surface area contributed by atoms with Gasteiger partial charge >= 0.3 is 0 Å². The molecule has 0 aromatic heterocycles. The predicted octanol–water partition coefficient (Wildman–Crippen LogP) is 3.35. The highest BCUT2D eigenvalue weighted by Gasteiger charge is 2.44. The molecule has 5 rings (SSSR count). The average Bonchev–Trinajstić information content (AvgIpc) is 3.03. The summed E-state index contributed by atoms with van der Waals surface area (Å²) in [6.45, 7) is 0.275. The number of ether oxygens (including phenoxy) is 1. The Hall–Kier alpha value is -3.79. The molecule has 2 aliphatic heterocycles. The summed E-state index contributed by atoms with van der Waals surface area (Å²) in [7, 11) is -3.34. The maximum atomic E-state index is 11.5. The Morgan fingerprint density at radius 1 is 1.15 bits per heavy atom. The molecule has 9 heteroatoms. The van der Waals surface area contributed by atoms with Gasteiger partial charge in [0.1, 0.15) is 24.3 Å². The molecular weight excluding hydrogens is 438 g/mol. The van der Waals surface area contributed by atoms with Gasteiger partial charge in [-0.25, -0.2) is 8.42 Å². The van der Waals surface area contributed by atoms with E-state index in [0.717, 1.165) is 34.3 Å². The second-order valence-electron chi connectivity index (χ2n) is 7.90. The number of sulfonamides is 1. The van der Waals surface area contributed by atoms with Crippen LogP contribution in [-0.2, 0) is 16.6 Å². The van der Waals surface area contributed by atoms with Crippen molar-refractivity contribution in [1.82, 2.24) is 0 Å². The Morgan fingerprint density at radius 3 is 2.73 bits per heavy atom. The fourth-order valence-electron chi connectivity index (χ4n) is 3.77. The standard InChI is InChI=1S/C24H22N5O3S/c1-33(30,31)28-20-9-2-5-17(13-20)16-32-21-10-4-8-19(14-21)24-27-23(18-6-3-7-18)22-15-26-11-12-29(22,24)25/h2-15,28H,16,25H2,1H3/q+1. The number of amidine groups is 1. The van der Waals surface area contributed by atoms with E-state index in [1.807, 2.05) is 48.6 Å². The van der Waals surface area contributed by atoms with Crippen LogP contribution in [0.1, 0.15) is 11.1 Å². The van der Waals surface area contributed by atoms with Crippen LogP contribution in [0, 0.1) is 0 Å². The van der Waals surface area contributed by atoms with E-state index in [-0.39, 0.29) is 11.2 Å². The van der Waals surface area contributed by atoms with Gasteiger partial charge < -0.3 is 4.74 Å². The van der Waals surface area contributed by atoms with Crippen molar-refractivity contribution in [3.8, 4) is 5.75 Å². The molecule has 1 atom stereocenters. The Morgan fingerprint density at radius 2 is 1.97 bits per heavy atom. The second kappa shape index (κ2) is 7.96. The van der Waals surface area contributed by atoms with E-state index in [2.05, 4.69) is 9.71 Å². The highest BCUT2D eigenvalue weighted by atomic mass is 32.2. The van der Waals surface area contributed by atoms with Crippen molar-refractivity contribution < 1.29 is 17.7 Å². The quantitative estimate of drug-likeness (QED) is 0.488. The zero-order valence-corrected chi connectivity index (χ0v) is 18.7. The molecule has 0 amide bonds. The van der Waals surface area contributed by atoms with E-state index in [0.29, 0.717) is 17.3 Å². The van der Waals surface area contributed by atoms with Crippen LogP contribution in [0.15, 0.2) is 106 Å². The van der Waals surface area contributed by atoms with Crippen LogP contribution in [0.3, 0.4) is 0 Å². The number of allylic oxidation sites excluding steroid dienone is 4. The minimum atomic E-state index is -3.34. The van der Waals surface area contributed by atoms with Gasteiger partial charge in [-0.15, -0.1) is 4.59 Å². The van der Waals surface area contributed by atoms with Gasteiger partial charge in [0.15, 0.2) is 0 Å². The second-order valence-corrected chi connectivity index (χ2v) is 9.64. The van der Waals surface area contributed by atoms with Gasteiger partial charge in [-0.3, -0.25) is 9.71 Å². The number of quaternary nitrogens is 1. The summed E-state index contributed by atoms with van der Waals surface area (Å²) >= 11 is 0. The molecule has 1 unspecified atom stereocenters. The molecule has 8 nitrogen and oxygen atoms in total. The fourth-order valence-corrected chi connectivity index (χ4v) is 4.33. The first-order valence-corrected chi connectivity index (χ1v) is 12.1. The number of anilines is 1. The first-order valence-electron chi connectivity index (χ1n) is 10.2. The summed E-state index contributed by atoms with van der Waals surface area (Å²) in [5, 5.41) is 0. The summed E-state index contributed by atoms with van der Waals surface area (Å²) in [6, 6.07) is 14.7. The molecular formula is C24H22N5O3S+. The van der Waals surface area contributed by atoms with E-state index in [4.69, 9.17) is 15.6 Å². The molecule has 0 bridgehead atoms. The molecule has 1 aliphatic carbocycles. The van der Waals surface area contributed by atoms with Gasteiger partial charge in [-0.2, -0.15) is 10.8 Å². The Kier molecular flexibility index (Phi) is 5.09. The zero-order chi connectivity index (χ0) is 23.1. The van der Waals surface area contributed by atoms with E-state index >= 15 is 0 Å². The van der Waals surface area contributed by atoms with Crippen molar-refractivity contribution in [1.29, 1.82) is 0 Å². The molecule has 33 heavy (non-hydrogen) atoms. The number of nitrogens with zero attached hydrogens (tertiary/aromatic N) is 3. The molecule has 3 aliphatic rings. The number of hydrogen-bond acceptors (Lipinski definition) is 6. The Labute approximate surface area is 192 Å². The molecule has 2 heterocycles. The summed E-state index contributed by atoms with van der Waals surface area (Å²) < 4.78 is 31.4. The first-order chi connectivity index (χ1) is 15.8. The zero-order valence-electron chi connectivity index (χ0n) is 17.8. The SMILES string of the molecule is CS(=O)(=O)Nc1cccc(COc2cccc(C3=NC(C4=CC=C4)=C4C=NC=C[N+]34N)c2)c1. The first kappa shape index (κ1) is 21.1. The summed E-state index contributed by atoms with van der Waals surface area (Å²) in [5.74, 6) is 8.08. The number of nitrogens with one attached hydrogen (secondary N) is 1. The number of aliphatic imine (C=N–C) groups is 2. The van der Waals surface area contributed by atoms with Crippen molar-refractivity contribution in [3.05, 3.63) is 107 Å². The molecule has 0 spiro atoms. The van der Waals surface area contributed by atoms with Gasteiger partial charge in [0.25, 0.3) is 5.84 Å². The van der Waals surface area contributed by atoms with Gasteiger partial charge in [0, 0.05) is 11.3 Å². The van der Waals surface area contributed by atoms with Crippen molar-refractivity contribution in [2.75, 3.05) is 11.0 Å². The summed E-state index contributed by atoms with van der Waals surface area (Å²) in [4.78, 5) is 9.11. The van der Waals surface area contributed by atoms with Crippen LogP contribution >= 0.6 is 0 Å². The maximum absolute atomic E-state index is 11.5. The minimum absolute atomic E-state index is 0.0628. The van der Waals surface area contributed by atoms with E-state index in [1.165, 1.54) is 0 Å². The number of hydrogen-bond donors (Lipinski definition) is 2. The molecule has 3 N–H and O–H groups in total. The van der Waals surface area contributed by atoms with Crippen LogP contribution in [-0.4, -0.2) is 31.3 Å². The van der Waals surface area contributed by atoms with Crippen LogP contribution in [0.5, 0.6) is 5.75 Å². The Balaban J connectivity index is 1.38. The fraction of sp³-hybridized carbons (Fsp3) is 0.0833. The lowest BCUT2D eigenvalue weighted by Crippen LogP contribution is -2.53. The molecule has 2 aromatic rings. The van der Waals surface area contributed by atoms with E-state index in [9.17, 15) is 8.42 Å². The highest BCUT2D eigenvalue weighted by molar-refractivity contribution is 7.92. The molecule has 0 saturated heterocycles. The Bertz CT molecular complexity index is 1430. The normalized spacial score (nSPS) is 20.8. The van der Waals surface area contributed by atoms with Crippen LogP contribution in [0.2, 0.25) is 0 Å². The highest BCUT2D eigenvalue weighted by Crippen LogP contribution is 2.36. The molecule has 166 valence electrons. The number of rotatable bonds is 7. The van der Waals surface area contributed by atoms with Gasteiger partial charge in [0.05, 0.1) is 24.2 Å². The lowest BCUT2D eigenvalue weighted by molar-refractivity contribution is -0.750. The number of nitrogens with two attached hydrogens (primary N) is 1.